The van der Waals surface area contributed by atoms with Gasteiger partial charge in [-0.3, -0.25) is 4.79 Å². The van der Waals surface area contributed by atoms with Crippen molar-refractivity contribution in [3.05, 3.63) is 91.6 Å². The molecule has 0 aliphatic heterocycles. The summed E-state index contributed by atoms with van der Waals surface area (Å²) in [6, 6.07) is 15.4. The molecule has 0 saturated carbocycles. The van der Waals surface area contributed by atoms with Crippen molar-refractivity contribution in [2.45, 2.75) is 51.2 Å². The van der Waals surface area contributed by atoms with E-state index in [2.05, 4.69) is 10.6 Å². The highest BCUT2D eigenvalue weighted by atomic mass is 35.5. The number of ether oxygens (including phenoxy) is 1. The Morgan fingerprint density at radius 3 is 2.05 bits per heavy atom. The molecule has 0 fully saturated rings. The second kappa shape index (κ2) is 13.1. The van der Waals surface area contributed by atoms with Crippen LogP contribution in [0.1, 0.15) is 65.9 Å². The minimum absolute atomic E-state index is 0.121. The van der Waals surface area contributed by atoms with Gasteiger partial charge in [0, 0.05) is 22.5 Å². The number of hydrogen-bond donors (Lipinski definition) is 3. The average Bonchev–Trinajstić information content (AvgIpc) is 3.32. The maximum absolute atomic E-state index is 13.4. The third-order valence-corrected chi connectivity index (χ3v) is 7.20. The second-order valence-electron chi connectivity index (χ2n) is 9.62. The standard InChI is InChI=1S/C28H30Cl2N2O5S/c1-28(2,3)37-27(36)31-15-8-13-22(26(34)35)32-25(33)24-19(14-16-38-24)23(17-9-4-6-11-20(17)29)18-10-5-7-12-21(18)30/h4-7,9-12,14,16,22-23H,8,13,15H2,1-3H3,(H,31,36)(H,32,33)(H,34,35)/t22-/m0/s1. The molecule has 0 radical (unpaired) electrons. The van der Waals surface area contributed by atoms with E-state index < -0.39 is 35.5 Å². The van der Waals surface area contributed by atoms with Crippen LogP contribution in [0.15, 0.2) is 60.0 Å². The third-order valence-electron chi connectivity index (χ3n) is 5.59. The van der Waals surface area contributed by atoms with Crippen LogP contribution in [-0.4, -0.2) is 41.3 Å². The minimum atomic E-state index is -1.16. The molecule has 3 rings (SSSR count). The summed E-state index contributed by atoms with van der Waals surface area (Å²) in [4.78, 5) is 37.5. The number of carboxylic acids is 1. The first-order valence-corrected chi connectivity index (χ1v) is 13.7. The Hall–Kier alpha value is -3.07. The van der Waals surface area contributed by atoms with E-state index in [9.17, 15) is 19.5 Å². The SMILES string of the molecule is CC(C)(C)OC(=O)NCCC[C@H](NC(=O)c1sccc1C(c1ccccc1Cl)c1ccccc1Cl)C(=O)O. The number of halogens is 2. The highest BCUT2D eigenvalue weighted by molar-refractivity contribution is 7.12. The molecule has 1 heterocycles. The number of amides is 2. The summed E-state index contributed by atoms with van der Waals surface area (Å²) in [5.74, 6) is -2.11. The van der Waals surface area contributed by atoms with Gasteiger partial charge in [0.1, 0.15) is 11.6 Å². The van der Waals surface area contributed by atoms with Crippen LogP contribution in [0.5, 0.6) is 0 Å². The van der Waals surface area contributed by atoms with Crippen molar-refractivity contribution >= 4 is 52.5 Å². The molecule has 10 heteroatoms. The largest absolute Gasteiger partial charge is 0.480 e. The number of carboxylic acid groups (broad SMARTS) is 1. The van der Waals surface area contributed by atoms with Gasteiger partial charge in [0.15, 0.2) is 0 Å². The first kappa shape index (κ1) is 29.5. The summed E-state index contributed by atoms with van der Waals surface area (Å²) in [6.07, 6.45) is -0.132. The summed E-state index contributed by atoms with van der Waals surface area (Å²) in [7, 11) is 0. The molecule has 1 aromatic heterocycles. The number of carbonyl (C=O) groups is 3. The number of carbonyl (C=O) groups excluding carboxylic acids is 2. The maximum Gasteiger partial charge on any atom is 0.407 e. The Morgan fingerprint density at radius 1 is 0.947 bits per heavy atom. The minimum Gasteiger partial charge on any atom is -0.480 e. The number of alkyl carbamates (subject to hydrolysis) is 1. The van der Waals surface area contributed by atoms with Crippen molar-refractivity contribution in [3.8, 4) is 0 Å². The van der Waals surface area contributed by atoms with Crippen molar-refractivity contribution in [1.29, 1.82) is 0 Å². The van der Waals surface area contributed by atoms with E-state index in [4.69, 9.17) is 27.9 Å². The lowest BCUT2D eigenvalue weighted by atomic mass is 9.85. The lowest BCUT2D eigenvalue weighted by Gasteiger charge is -2.22. The molecule has 0 unspecified atom stereocenters. The summed E-state index contributed by atoms with van der Waals surface area (Å²) < 4.78 is 5.18. The number of hydrogen-bond acceptors (Lipinski definition) is 5. The summed E-state index contributed by atoms with van der Waals surface area (Å²) in [5, 5.41) is 17.8. The van der Waals surface area contributed by atoms with Gasteiger partial charge in [0.2, 0.25) is 0 Å². The maximum atomic E-state index is 13.4. The number of benzene rings is 2. The van der Waals surface area contributed by atoms with Crippen LogP contribution >= 0.6 is 34.5 Å². The zero-order chi connectivity index (χ0) is 27.9. The van der Waals surface area contributed by atoms with Gasteiger partial charge in [0.05, 0.1) is 4.88 Å². The third kappa shape index (κ3) is 7.96. The monoisotopic (exact) mass is 576 g/mol. The molecule has 2 amide bonds. The molecule has 0 bridgehead atoms. The van der Waals surface area contributed by atoms with Crippen LogP contribution in [0.2, 0.25) is 10.0 Å². The van der Waals surface area contributed by atoms with Gasteiger partial charge in [-0.2, -0.15) is 0 Å². The van der Waals surface area contributed by atoms with Crippen molar-refractivity contribution in [1.82, 2.24) is 10.6 Å². The molecule has 2 aromatic carbocycles. The Morgan fingerprint density at radius 2 is 1.53 bits per heavy atom. The zero-order valence-corrected chi connectivity index (χ0v) is 23.6. The summed E-state index contributed by atoms with van der Waals surface area (Å²) >= 11 is 14.3. The Labute approximate surface area is 236 Å². The van der Waals surface area contributed by atoms with Gasteiger partial charge in [-0.25, -0.2) is 9.59 Å². The fourth-order valence-corrected chi connectivity index (χ4v) is 5.27. The molecule has 7 nitrogen and oxygen atoms in total. The lowest BCUT2D eigenvalue weighted by Crippen LogP contribution is -2.41. The van der Waals surface area contributed by atoms with Gasteiger partial charge >= 0.3 is 12.1 Å². The molecule has 202 valence electrons. The van der Waals surface area contributed by atoms with Gasteiger partial charge < -0.3 is 20.5 Å². The van der Waals surface area contributed by atoms with Gasteiger partial charge in [-0.05, 0) is 73.9 Å². The predicted molar refractivity (Wildman–Crippen MR) is 151 cm³/mol. The van der Waals surface area contributed by atoms with Gasteiger partial charge in [-0.15, -0.1) is 11.3 Å². The Balaban J connectivity index is 1.79. The summed E-state index contributed by atoms with van der Waals surface area (Å²) in [6.45, 7) is 5.47. The number of nitrogens with one attached hydrogen (secondary N) is 2. The van der Waals surface area contributed by atoms with Crippen LogP contribution in [0.4, 0.5) is 4.79 Å². The number of aliphatic carboxylic acids is 1. The average molecular weight is 578 g/mol. The van der Waals surface area contributed by atoms with Crippen LogP contribution in [0, 0.1) is 0 Å². The molecule has 1 atom stereocenters. The van der Waals surface area contributed by atoms with Crippen molar-refractivity contribution in [3.63, 3.8) is 0 Å². The topological polar surface area (TPSA) is 105 Å². The molecule has 0 aliphatic carbocycles. The Kier molecular flexibility index (Phi) is 10.2. The normalized spacial score (nSPS) is 12.2. The molecule has 0 saturated heterocycles. The van der Waals surface area contributed by atoms with Gasteiger partial charge in [-0.1, -0.05) is 59.6 Å². The van der Waals surface area contributed by atoms with E-state index in [1.165, 1.54) is 11.3 Å². The first-order valence-electron chi connectivity index (χ1n) is 12.0. The summed E-state index contributed by atoms with van der Waals surface area (Å²) in [5.41, 5.74) is 1.59. The van der Waals surface area contributed by atoms with Crippen LogP contribution < -0.4 is 10.6 Å². The zero-order valence-electron chi connectivity index (χ0n) is 21.3. The van der Waals surface area contributed by atoms with E-state index in [0.29, 0.717) is 26.9 Å². The van der Waals surface area contributed by atoms with E-state index in [1.807, 2.05) is 42.5 Å². The van der Waals surface area contributed by atoms with Crippen LogP contribution in [-0.2, 0) is 9.53 Å². The van der Waals surface area contributed by atoms with E-state index in [1.54, 1.807) is 38.3 Å². The highest BCUT2D eigenvalue weighted by Gasteiger charge is 2.29. The fourth-order valence-electron chi connectivity index (χ4n) is 3.94. The molecule has 0 spiro atoms. The number of rotatable bonds is 10. The van der Waals surface area contributed by atoms with Crippen molar-refractivity contribution in [2.75, 3.05) is 6.54 Å². The van der Waals surface area contributed by atoms with Crippen LogP contribution in [0.3, 0.4) is 0 Å². The van der Waals surface area contributed by atoms with E-state index in [-0.39, 0.29) is 13.0 Å². The lowest BCUT2D eigenvalue weighted by molar-refractivity contribution is -0.139. The predicted octanol–water partition coefficient (Wildman–Crippen LogP) is 6.72. The van der Waals surface area contributed by atoms with Crippen molar-refractivity contribution in [2.24, 2.45) is 0 Å². The first-order chi connectivity index (χ1) is 18.0. The highest BCUT2D eigenvalue weighted by Crippen LogP contribution is 2.41. The Bertz CT molecular complexity index is 1240. The quantitative estimate of drug-likeness (QED) is 0.232. The molecule has 3 N–H and O–H groups in total. The van der Waals surface area contributed by atoms with E-state index >= 15 is 0 Å². The van der Waals surface area contributed by atoms with Crippen molar-refractivity contribution < 1.29 is 24.2 Å². The molecule has 3 aromatic rings. The molecule has 38 heavy (non-hydrogen) atoms. The van der Waals surface area contributed by atoms with Gasteiger partial charge in [0.25, 0.3) is 5.91 Å². The molecular formula is C28H30Cl2N2O5S. The molecular weight excluding hydrogens is 547 g/mol. The smallest absolute Gasteiger partial charge is 0.407 e. The second-order valence-corrected chi connectivity index (χ2v) is 11.3. The van der Waals surface area contributed by atoms with E-state index in [0.717, 1.165) is 11.1 Å². The molecule has 0 aliphatic rings. The van der Waals surface area contributed by atoms with Crippen LogP contribution in [0.25, 0.3) is 0 Å². The fraction of sp³-hybridized carbons (Fsp3) is 0.321. The number of thiophene rings is 1.